The molecule has 3 heterocycles. The summed E-state index contributed by atoms with van der Waals surface area (Å²) in [5, 5.41) is 0. The Kier molecular flexibility index (Phi) is 4.47. The largest absolute Gasteiger partial charge is 0.311 e. The van der Waals surface area contributed by atoms with Gasteiger partial charge >= 0.3 is 0 Å². The van der Waals surface area contributed by atoms with E-state index < -0.39 is 0 Å². The van der Waals surface area contributed by atoms with Crippen LogP contribution >= 0.6 is 0 Å². The van der Waals surface area contributed by atoms with E-state index in [1.54, 1.807) is 11.9 Å². The monoisotopic (exact) mass is 387 g/mol. The molecule has 0 bridgehead atoms. The summed E-state index contributed by atoms with van der Waals surface area (Å²) in [7, 11) is 1.77. The van der Waals surface area contributed by atoms with Gasteiger partial charge in [0.1, 0.15) is 0 Å². The maximum Gasteiger partial charge on any atom is 0.259 e. The highest BCUT2D eigenvalue weighted by Gasteiger charge is 2.40. The number of rotatable bonds is 3. The van der Waals surface area contributed by atoms with Gasteiger partial charge in [0, 0.05) is 31.3 Å². The normalized spacial score (nSPS) is 21.7. The third kappa shape index (κ3) is 2.88. The maximum absolute atomic E-state index is 13.6. The Morgan fingerprint density at radius 1 is 0.724 bits per heavy atom. The Labute approximate surface area is 171 Å². The molecule has 2 aromatic rings. The topological polar surface area (TPSA) is 43.9 Å². The number of para-hydroxylation sites is 2. The molecule has 1 saturated heterocycles. The lowest BCUT2D eigenvalue weighted by Gasteiger charge is -2.28. The molecule has 3 aliphatic heterocycles. The minimum absolute atomic E-state index is 0.0586. The molecule has 0 spiro atoms. The predicted octanol–water partition coefficient (Wildman–Crippen LogP) is 3.41. The zero-order valence-corrected chi connectivity index (χ0v) is 16.7. The molecule has 29 heavy (non-hydrogen) atoms. The second-order valence-corrected chi connectivity index (χ2v) is 8.01. The lowest BCUT2D eigenvalue weighted by atomic mass is 9.96. The van der Waals surface area contributed by atoms with E-state index in [0.29, 0.717) is 17.7 Å². The van der Waals surface area contributed by atoms with Crippen LogP contribution in [0.4, 0.5) is 11.4 Å². The molecule has 5 nitrogen and oxygen atoms in total. The van der Waals surface area contributed by atoms with Crippen molar-refractivity contribution in [2.45, 2.75) is 19.3 Å². The van der Waals surface area contributed by atoms with E-state index in [1.807, 2.05) is 53.4 Å². The Bertz CT molecular complexity index is 1020. The van der Waals surface area contributed by atoms with Gasteiger partial charge in [0.05, 0.1) is 22.5 Å². The SMILES string of the molecule is CN1C(=O)/C(=C2/C(=O)N(CCN3CCCCC3)c3ccccc32)c2ccccc21. The van der Waals surface area contributed by atoms with Crippen LogP contribution in [0, 0.1) is 0 Å². The molecular weight excluding hydrogens is 362 g/mol. The predicted molar refractivity (Wildman–Crippen MR) is 116 cm³/mol. The fourth-order valence-electron chi connectivity index (χ4n) is 4.78. The number of fused-ring (bicyclic) bond motifs is 2. The molecule has 0 radical (unpaired) electrons. The molecule has 2 aromatic carbocycles. The number of nitrogens with zero attached hydrogens (tertiary/aromatic N) is 3. The number of benzene rings is 2. The number of hydrogen-bond acceptors (Lipinski definition) is 3. The van der Waals surface area contributed by atoms with Crippen LogP contribution in [0.2, 0.25) is 0 Å². The number of amides is 2. The second-order valence-electron chi connectivity index (χ2n) is 8.01. The van der Waals surface area contributed by atoms with E-state index in [1.165, 1.54) is 19.3 Å². The van der Waals surface area contributed by atoms with Gasteiger partial charge in [0.2, 0.25) is 0 Å². The summed E-state index contributed by atoms with van der Waals surface area (Å²) in [6, 6.07) is 15.6. The smallest absolute Gasteiger partial charge is 0.259 e. The summed E-state index contributed by atoms with van der Waals surface area (Å²) in [4.78, 5) is 32.6. The first-order valence-corrected chi connectivity index (χ1v) is 10.4. The molecular formula is C24H25N3O2. The van der Waals surface area contributed by atoms with Crippen LogP contribution in [0.3, 0.4) is 0 Å². The molecule has 0 atom stereocenters. The van der Waals surface area contributed by atoms with Gasteiger partial charge in [-0.3, -0.25) is 9.59 Å². The first kappa shape index (κ1) is 18.1. The van der Waals surface area contributed by atoms with Crippen molar-refractivity contribution in [3.8, 4) is 0 Å². The molecule has 3 aliphatic rings. The van der Waals surface area contributed by atoms with Crippen molar-refractivity contribution in [2.24, 2.45) is 0 Å². The fourth-order valence-corrected chi connectivity index (χ4v) is 4.78. The van der Waals surface area contributed by atoms with Crippen molar-refractivity contribution in [3.05, 3.63) is 59.7 Å². The Hall–Kier alpha value is -2.92. The van der Waals surface area contributed by atoms with Gasteiger partial charge in [-0.25, -0.2) is 0 Å². The quantitative estimate of drug-likeness (QED) is 0.758. The highest BCUT2D eigenvalue weighted by molar-refractivity contribution is 6.49. The van der Waals surface area contributed by atoms with E-state index in [-0.39, 0.29) is 11.8 Å². The second kappa shape index (κ2) is 7.16. The molecule has 0 saturated carbocycles. The van der Waals surface area contributed by atoms with Crippen LogP contribution in [0.25, 0.3) is 11.1 Å². The van der Waals surface area contributed by atoms with Crippen molar-refractivity contribution >= 4 is 34.3 Å². The van der Waals surface area contributed by atoms with Crippen molar-refractivity contribution in [1.82, 2.24) is 4.90 Å². The van der Waals surface area contributed by atoms with E-state index in [9.17, 15) is 9.59 Å². The Morgan fingerprint density at radius 2 is 1.31 bits per heavy atom. The number of anilines is 2. The minimum Gasteiger partial charge on any atom is -0.311 e. The summed E-state index contributed by atoms with van der Waals surface area (Å²) in [6.45, 7) is 3.73. The van der Waals surface area contributed by atoms with E-state index in [0.717, 1.165) is 42.1 Å². The standard InChI is InChI=1S/C24H25N3O2/c1-25-19-11-5-3-9-17(19)21(23(25)28)22-18-10-4-6-12-20(18)27(24(22)29)16-15-26-13-7-2-8-14-26/h3-6,9-12H,2,7-8,13-16H2,1H3/b22-21+. The Balaban J connectivity index is 1.56. The zero-order chi connectivity index (χ0) is 20.0. The number of carbonyl (C=O) groups excluding carboxylic acids is 2. The highest BCUT2D eigenvalue weighted by Crippen LogP contribution is 2.45. The van der Waals surface area contributed by atoms with Crippen LogP contribution in [-0.4, -0.2) is 49.9 Å². The molecule has 148 valence electrons. The molecule has 0 N–H and O–H groups in total. The number of carbonyl (C=O) groups is 2. The molecule has 1 fully saturated rings. The first-order chi connectivity index (χ1) is 14.2. The van der Waals surface area contributed by atoms with Crippen LogP contribution in [0.5, 0.6) is 0 Å². The van der Waals surface area contributed by atoms with Crippen molar-refractivity contribution < 1.29 is 9.59 Å². The van der Waals surface area contributed by atoms with Gasteiger partial charge in [-0.1, -0.05) is 42.8 Å². The third-order valence-corrected chi connectivity index (χ3v) is 6.31. The van der Waals surface area contributed by atoms with E-state index in [2.05, 4.69) is 4.90 Å². The highest BCUT2D eigenvalue weighted by atomic mass is 16.2. The van der Waals surface area contributed by atoms with Gasteiger partial charge in [0.25, 0.3) is 11.8 Å². The van der Waals surface area contributed by atoms with Gasteiger partial charge in [0.15, 0.2) is 0 Å². The van der Waals surface area contributed by atoms with E-state index in [4.69, 9.17) is 0 Å². The lowest BCUT2D eigenvalue weighted by molar-refractivity contribution is -0.114. The summed E-state index contributed by atoms with van der Waals surface area (Å²) >= 11 is 0. The van der Waals surface area contributed by atoms with Gasteiger partial charge in [-0.05, 0) is 38.1 Å². The van der Waals surface area contributed by atoms with Crippen LogP contribution in [0.15, 0.2) is 48.5 Å². The van der Waals surface area contributed by atoms with Gasteiger partial charge in [-0.15, -0.1) is 0 Å². The number of likely N-dealkylation sites (tertiary alicyclic amines) is 1. The molecule has 0 aliphatic carbocycles. The fraction of sp³-hybridized carbons (Fsp3) is 0.333. The number of hydrogen-bond donors (Lipinski definition) is 0. The minimum atomic E-state index is -0.109. The molecule has 0 unspecified atom stereocenters. The zero-order valence-electron chi connectivity index (χ0n) is 16.7. The number of likely N-dealkylation sites (N-methyl/N-ethyl adjacent to an activating group) is 1. The van der Waals surface area contributed by atoms with Crippen molar-refractivity contribution in [3.63, 3.8) is 0 Å². The first-order valence-electron chi connectivity index (χ1n) is 10.4. The summed E-state index contributed by atoms with van der Waals surface area (Å²) in [5.74, 6) is -0.168. The molecule has 2 amide bonds. The average molecular weight is 387 g/mol. The van der Waals surface area contributed by atoms with Gasteiger partial charge < -0.3 is 14.7 Å². The lowest BCUT2D eigenvalue weighted by Crippen LogP contribution is -2.39. The average Bonchev–Trinajstić information content (AvgIpc) is 3.18. The summed E-state index contributed by atoms with van der Waals surface area (Å²) in [6.07, 6.45) is 3.77. The Morgan fingerprint density at radius 3 is 2.03 bits per heavy atom. The number of piperidine rings is 1. The molecule has 5 rings (SSSR count). The van der Waals surface area contributed by atoms with Crippen molar-refractivity contribution in [1.29, 1.82) is 0 Å². The molecule has 0 aromatic heterocycles. The molecule has 5 heteroatoms. The van der Waals surface area contributed by atoms with Crippen molar-refractivity contribution in [2.75, 3.05) is 43.0 Å². The third-order valence-electron chi connectivity index (χ3n) is 6.31. The van der Waals surface area contributed by atoms with E-state index >= 15 is 0 Å². The van der Waals surface area contributed by atoms with Gasteiger partial charge in [-0.2, -0.15) is 0 Å². The van der Waals surface area contributed by atoms with Crippen LogP contribution < -0.4 is 9.80 Å². The summed E-state index contributed by atoms with van der Waals surface area (Å²) < 4.78 is 0. The van der Waals surface area contributed by atoms with Crippen LogP contribution in [-0.2, 0) is 9.59 Å². The maximum atomic E-state index is 13.6. The summed E-state index contributed by atoms with van der Waals surface area (Å²) in [5.41, 5.74) is 4.55. The van der Waals surface area contributed by atoms with Crippen LogP contribution in [0.1, 0.15) is 30.4 Å².